The summed E-state index contributed by atoms with van der Waals surface area (Å²) in [4.78, 5) is 22.2. The first-order chi connectivity index (χ1) is 15.1. The molecule has 3 heterocycles. The Bertz CT molecular complexity index is 957. The lowest BCUT2D eigenvalue weighted by atomic mass is 9.98. The lowest BCUT2D eigenvalue weighted by molar-refractivity contribution is 0.102. The normalized spacial score (nSPS) is 20.6. The summed E-state index contributed by atoms with van der Waals surface area (Å²) >= 11 is 0. The number of amidine groups is 1. The lowest BCUT2D eigenvalue weighted by Gasteiger charge is -2.30. The third kappa shape index (κ3) is 4.69. The summed E-state index contributed by atoms with van der Waals surface area (Å²) in [5.41, 5.74) is 5.10. The van der Waals surface area contributed by atoms with Crippen molar-refractivity contribution in [1.82, 2.24) is 20.4 Å². The second-order valence-electron chi connectivity index (χ2n) is 8.25. The van der Waals surface area contributed by atoms with Gasteiger partial charge in [-0.3, -0.25) is 15.2 Å². The number of hydrogen-bond donors (Lipinski definition) is 3. The Morgan fingerprint density at radius 3 is 2.81 bits per heavy atom. The minimum absolute atomic E-state index is 0.0706. The standard InChI is InChI=1S/C23H30N6O2/c1-15-7-6-12-31-23-18(13-17(14-26-23)16-8-3-4-9-16)22(30)28-20-11-5-10-19(27-20)21(24)29(15)25-2/h5,10-11,13-16,24-25H,3-4,6-9,12H2,1-2H3,(H,27,28,30)/t15-/m0/s1. The van der Waals surface area contributed by atoms with Crippen molar-refractivity contribution in [2.45, 2.75) is 57.4 Å². The van der Waals surface area contributed by atoms with Crippen LogP contribution in [-0.2, 0) is 0 Å². The number of pyridine rings is 2. The molecule has 2 aromatic heterocycles. The summed E-state index contributed by atoms with van der Waals surface area (Å²) in [6.07, 6.45) is 8.14. The van der Waals surface area contributed by atoms with E-state index in [1.807, 2.05) is 12.3 Å². The van der Waals surface area contributed by atoms with E-state index in [0.29, 0.717) is 35.5 Å². The quantitative estimate of drug-likeness (QED) is 0.682. The summed E-state index contributed by atoms with van der Waals surface area (Å²) in [6.45, 7) is 2.51. The smallest absolute Gasteiger partial charge is 0.262 e. The highest BCUT2D eigenvalue weighted by molar-refractivity contribution is 6.05. The zero-order valence-electron chi connectivity index (χ0n) is 18.1. The molecule has 31 heavy (non-hydrogen) atoms. The third-order valence-corrected chi connectivity index (χ3v) is 6.10. The molecule has 0 saturated heterocycles. The molecule has 3 N–H and O–H groups in total. The molecule has 1 atom stereocenters. The van der Waals surface area contributed by atoms with Gasteiger partial charge < -0.3 is 10.1 Å². The van der Waals surface area contributed by atoms with Gasteiger partial charge in [0.25, 0.3) is 5.91 Å². The Balaban J connectivity index is 1.69. The zero-order chi connectivity index (χ0) is 21.8. The number of amides is 1. The average Bonchev–Trinajstić information content (AvgIpc) is 3.32. The van der Waals surface area contributed by atoms with E-state index in [1.165, 1.54) is 12.8 Å². The second kappa shape index (κ2) is 9.43. The minimum Gasteiger partial charge on any atom is -0.477 e. The van der Waals surface area contributed by atoms with Gasteiger partial charge in [-0.1, -0.05) is 18.9 Å². The largest absolute Gasteiger partial charge is 0.477 e. The van der Waals surface area contributed by atoms with Gasteiger partial charge in [0.2, 0.25) is 5.88 Å². The monoisotopic (exact) mass is 422 g/mol. The van der Waals surface area contributed by atoms with E-state index < -0.39 is 0 Å². The van der Waals surface area contributed by atoms with Crippen molar-refractivity contribution in [2.75, 3.05) is 19.0 Å². The first-order valence-corrected chi connectivity index (χ1v) is 11.0. The number of hydrazine groups is 1. The lowest BCUT2D eigenvalue weighted by Crippen LogP contribution is -2.47. The van der Waals surface area contributed by atoms with Gasteiger partial charge in [-0.2, -0.15) is 0 Å². The van der Waals surface area contributed by atoms with Crippen molar-refractivity contribution < 1.29 is 9.53 Å². The van der Waals surface area contributed by atoms with E-state index >= 15 is 0 Å². The molecule has 2 aromatic rings. The van der Waals surface area contributed by atoms with Gasteiger partial charge in [0, 0.05) is 19.3 Å². The molecule has 1 aliphatic heterocycles. The molecule has 0 unspecified atom stereocenters. The fourth-order valence-electron chi connectivity index (χ4n) is 4.40. The summed E-state index contributed by atoms with van der Waals surface area (Å²) < 4.78 is 5.93. The van der Waals surface area contributed by atoms with Crippen LogP contribution < -0.4 is 15.5 Å². The van der Waals surface area contributed by atoms with Gasteiger partial charge in [-0.05, 0) is 62.3 Å². The number of ether oxygens (including phenoxy) is 1. The molecular formula is C23H30N6O2. The number of carbonyl (C=O) groups is 1. The second-order valence-corrected chi connectivity index (χ2v) is 8.25. The van der Waals surface area contributed by atoms with Crippen molar-refractivity contribution in [2.24, 2.45) is 0 Å². The van der Waals surface area contributed by atoms with E-state index in [-0.39, 0.29) is 17.8 Å². The Kier molecular flexibility index (Phi) is 6.46. The first-order valence-electron chi connectivity index (χ1n) is 11.0. The molecule has 1 fully saturated rings. The highest BCUT2D eigenvalue weighted by atomic mass is 16.5. The van der Waals surface area contributed by atoms with Gasteiger partial charge in [0.1, 0.15) is 17.1 Å². The van der Waals surface area contributed by atoms with Gasteiger partial charge in [0.15, 0.2) is 5.84 Å². The van der Waals surface area contributed by atoms with Gasteiger partial charge >= 0.3 is 0 Å². The topological polar surface area (TPSA) is 103 Å². The molecule has 4 rings (SSSR count). The van der Waals surface area contributed by atoms with Crippen LogP contribution >= 0.6 is 0 Å². The Morgan fingerprint density at radius 2 is 2.03 bits per heavy atom. The van der Waals surface area contributed by atoms with Crippen molar-refractivity contribution in [3.8, 4) is 5.88 Å². The fourth-order valence-corrected chi connectivity index (χ4v) is 4.40. The van der Waals surface area contributed by atoms with Crippen LogP contribution in [0.3, 0.4) is 0 Å². The third-order valence-electron chi connectivity index (χ3n) is 6.10. The Labute approximate surface area is 182 Å². The molecule has 8 heteroatoms. The Hall–Kier alpha value is -3.00. The molecule has 1 amide bonds. The SMILES string of the molecule is CNN1C(=N)c2cccc(n2)NC(=O)c2cc(C3CCCC3)cnc2OCCC[C@@H]1C. The number of aromatic nitrogens is 2. The van der Waals surface area contributed by atoms with E-state index in [4.69, 9.17) is 10.1 Å². The van der Waals surface area contributed by atoms with E-state index in [1.54, 1.807) is 30.3 Å². The minimum atomic E-state index is -0.297. The maximum absolute atomic E-state index is 13.2. The zero-order valence-corrected chi connectivity index (χ0v) is 18.1. The molecule has 2 aliphatic rings. The maximum Gasteiger partial charge on any atom is 0.262 e. The number of carbonyl (C=O) groups excluding carboxylic acids is 1. The number of hydrogen-bond acceptors (Lipinski definition) is 6. The number of anilines is 1. The molecule has 0 spiro atoms. The highest BCUT2D eigenvalue weighted by Crippen LogP contribution is 2.35. The van der Waals surface area contributed by atoms with Crippen LogP contribution in [0.1, 0.15) is 73.0 Å². The van der Waals surface area contributed by atoms with Crippen LogP contribution in [0.2, 0.25) is 0 Å². The molecule has 0 aromatic carbocycles. The van der Waals surface area contributed by atoms with Crippen LogP contribution in [-0.4, -0.2) is 46.4 Å². The van der Waals surface area contributed by atoms with Crippen LogP contribution in [0, 0.1) is 5.41 Å². The summed E-state index contributed by atoms with van der Waals surface area (Å²) in [5.74, 6) is 1.17. The van der Waals surface area contributed by atoms with Gasteiger partial charge in [-0.15, -0.1) is 0 Å². The maximum atomic E-state index is 13.2. The summed E-state index contributed by atoms with van der Waals surface area (Å²) in [7, 11) is 1.79. The van der Waals surface area contributed by atoms with Crippen molar-refractivity contribution in [3.63, 3.8) is 0 Å². The van der Waals surface area contributed by atoms with Crippen LogP contribution in [0.4, 0.5) is 5.82 Å². The summed E-state index contributed by atoms with van der Waals surface area (Å²) in [5, 5.41) is 13.2. The Morgan fingerprint density at radius 1 is 1.23 bits per heavy atom. The fraction of sp³-hybridized carbons (Fsp3) is 0.478. The number of nitrogens with one attached hydrogen (secondary N) is 3. The van der Waals surface area contributed by atoms with E-state index in [0.717, 1.165) is 31.2 Å². The molecule has 8 nitrogen and oxygen atoms in total. The number of nitrogens with zero attached hydrogens (tertiary/aromatic N) is 3. The molecular weight excluding hydrogens is 392 g/mol. The average molecular weight is 423 g/mol. The summed E-state index contributed by atoms with van der Waals surface area (Å²) in [6, 6.07) is 7.29. The van der Waals surface area contributed by atoms with Crippen molar-refractivity contribution in [1.29, 1.82) is 5.41 Å². The first kappa shape index (κ1) is 21.2. The predicted molar refractivity (Wildman–Crippen MR) is 120 cm³/mol. The predicted octanol–water partition coefficient (Wildman–Crippen LogP) is 3.71. The number of rotatable bonds is 2. The van der Waals surface area contributed by atoms with E-state index in [2.05, 4.69) is 27.6 Å². The van der Waals surface area contributed by atoms with Crippen LogP contribution in [0.25, 0.3) is 0 Å². The van der Waals surface area contributed by atoms with Gasteiger partial charge in [-0.25, -0.2) is 15.4 Å². The number of fused-ring (bicyclic) bond motifs is 3. The van der Waals surface area contributed by atoms with Crippen LogP contribution in [0.15, 0.2) is 30.5 Å². The van der Waals surface area contributed by atoms with Crippen molar-refractivity contribution in [3.05, 3.63) is 47.3 Å². The van der Waals surface area contributed by atoms with Crippen LogP contribution in [0.5, 0.6) is 5.88 Å². The molecule has 1 aliphatic carbocycles. The van der Waals surface area contributed by atoms with E-state index in [9.17, 15) is 4.79 Å². The molecule has 2 bridgehead atoms. The molecule has 164 valence electrons. The van der Waals surface area contributed by atoms with Crippen molar-refractivity contribution >= 4 is 17.6 Å². The van der Waals surface area contributed by atoms with Gasteiger partial charge in [0.05, 0.1) is 6.61 Å². The molecule has 1 saturated carbocycles. The highest BCUT2D eigenvalue weighted by Gasteiger charge is 2.24. The molecule has 0 radical (unpaired) electrons.